The Labute approximate surface area is 167 Å². The number of hydrogen-bond donors (Lipinski definition) is 3. The molecule has 1 aliphatic carbocycles. The predicted molar refractivity (Wildman–Crippen MR) is 110 cm³/mol. The van der Waals surface area contributed by atoms with Gasteiger partial charge in [0.05, 0.1) is 17.8 Å². The Hall–Kier alpha value is -3.35. The molecule has 6 nitrogen and oxygen atoms in total. The van der Waals surface area contributed by atoms with Gasteiger partial charge in [0.1, 0.15) is 11.5 Å². The van der Waals surface area contributed by atoms with Crippen LogP contribution in [0.1, 0.15) is 48.7 Å². The van der Waals surface area contributed by atoms with Crippen LogP contribution in [0.2, 0.25) is 0 Å². The number of benzene rings is 2. The number of esters is 1. The minimum absolute atomic E-state index is 0.193. The molecule has 0 unspecified atom stereocenters. The fourth-order valence-corrected chi connectivity index (χ4v) is 3.42. The van der Waals surface area contributed by atoms with Crippen molar-refractivity contribution < 1.29 is 18.7 Å². The molecule has 0 saturated heterocycles. The van der Waals surface area contributed by atoms with Crippen molar-refractivity contribution in [3.8, 4) is 0 Å². The topological polar surface area (TPSA) is 83.2 Å². The second kappa shape index (κ2) is 7.58. The number of nitrogens with one attached hydrogen (secondary N) is 3. The van der Waals surface area contributed by atoms with Crippen LogP contribution in [0.4, 0.5) is 21.5 Å². The van der Waals surface area contributed by atoms with E-state index in [1.807, 2.05) is 6.07 Å². The Morgan fingerprint density at radius 1 is 1.17 bits per heavy atom. The van der Waals surface area contributed by atoms with Crippen LogP contribution in [0.15, 0.2) is 36.4 Å². The van der Waals surface area contributed by atoms with Gasteiger partial charge in [-0.15, -0.1) is 0 Å². The average Bonchev–Trinajstić information content (AvgIpc) is 3.41. The number of carbonyl (C=O) groups is 2. The fourth-order valence-electron chi connectivity index (χ4n) is 3.42. The zero-order valence-electron chi connectivity index (χ0n) is 16.3. The number of amides is 1. The summed E-state index contributed by atoms with van der Waals surface area (Å²) in [4.78, 5) is 26.7. The molecule has 0 atom stereocenters. The maximum atomic E-state index is 14.1. The van der Waals surface area contributed by atoms with Gasteiger partial charge in [0.15, 0.2) is 0 Å². The SMILES string of the molecule is CCOC(=O)c1cc2c(Nc3ccc(F)c(C4CC4)c3)cc(NC(C)=O)cc2[nH]1. The number of halogens is 1. The monoisotopic (exact) mass is 395 g/mol. The van der Waals surface area contributed by atoms with Crippen molar-refractivity contribution in [3.63, 3.8) is 0 Å². The summed E-state index contributed by atoms with van der Waals surface area (Å²) < 4.78 is 19.2. The third-order valence-corrected chi connectivity index (χ3v) is 4.85. The first kappa shape index (κ1) is 19.0. The molecule has 3 N–H and O–H groups in total. The molecular formula is C22H22FN3O3. The van der Waals surface area contributed by atoms with Crippen LogP contribution in [0.25, 0.3) is 10.9 Å². The summed E-state index contributed by atoms with van der Waals surface area (Å²) in [6.45, 7) is 3.45. The van der Waals surface area contributed by atoms with Gasteiger partial charge < -0.3 is 20.4 Å². The van der Waals surface area contributed by atoms with Gasteiger partial charge in [-0.1, -0.05) is 0 Å². The average molecular weight is 395 g/mol. The molecule has 0 spiro atoms. The molecular weight excluding hydrogens is 373 g/mol. The van der Waals surface area contributed by atoms with E-state index in [0.717, 1.165) is 23.9 Å². The molecule has 1 amide bonds. The second-order valence-corrected chi connectivity index (χ2v) is 7.21. The van der Waals surface area contributed by atoms with Crippen molar-refractivity contribution in [3.05, 3.63) is 53.5 Å². The molecule has 1 fully saturated rings. The molecule has 0 aliphatic heterocycles. The van der Waals surface area contributed by atoms with Crippen LogP contribution < -0.4 is 10.6 Å². The zero-order valence-corrected chi connectivity index (χ0v) is 16.3. The molecule has 2 aromatic carbocycles. The van der Waals surface area contributed by atoms with Crippen LogP contribution in [0, 0.1) is 5.82 Å². The summed E-state index contributed by atoms with van der Waals surface area (Å²) in [6.07, 6.45) is 2.01. The summed E-state index contributed by atoms with van der Waals surface area (Å²) in [6, 6.07) is 10.2. The Kier molecular flexibility index (Phi) is 4.96. The van der Waals surface area contributed by atoms with E-state index in [1.54, 1.807) is 31.2 Å². The van der Waals surface area contributed by atoms with Crippen molar-refractivity contribution in [2.75, 3.05) is 17.2 Å². The van der Waals surface area contributed by atoms with E-state index in [1.165, 1.54) is 13.0 Å². The summed E-state index contributed by atoms with van der Waals surface area (Å²) >= 11 is 0. The van der Waals surface area contributed by atoms with E-state index < -0.39 is 5.97 Å². The zero-order chi connectivity index (χ0) is 20.5. The Bertz CT molecular complexity index is 1100. The highest BCUT2D eigenvalue weighted by Gasteiger charge is 2.26. The maximum Gasteiger partial charge on any atom is 0.354 e. The molecule has 0 bridgehead atoms. The van der Waals surface area contributed by atoms with Gasteiger partial charge in [0, 0.05) is 23.7 Å². The van der Waals surface area contributed by atoms with Crippen LogP contribution >= 0.6 is 0 Å². The van der Waals surface area contributed by atoms with Gasteiger partial charge in [-0.2, -0.15) is 0 Å². The first-order valence-corrected chi connectivity index (χ1v) is 9.62. The second-order valence-electron chi connectivity index (χ2n) is 7.21. The normalized spacial score (nSPS) is 13.3. The first-order valence-electron chi connectivity index (χ1n) is 9.62. The van der Waals surface area contributed by atoms with E-state index >= 15 is 0 Å². The molecule has 0 radical (unpaired) electrons. The minimum atomic E-state index is -0.450. The molecule has 1 heterocycles. The minimum Gasteiger partial charge on any atom is -0.461 e. The molecule has 29 heavy (non-hydrogen) atoms. The van der Waals surface area contributed by atoms with E-state index in [0.29, 0.717) is 28.1 Å². The van der Waals surface area contributed by atoms with Gasteiger partial charge >= 0.3 is 5.97 Å². The van der Waals surface area contributed by atoms with E-state index in [-0.39, 0.29) is 24.2 Å². The molecule has 3 aromatic rings. The molecule has 1 aromatic heterocycles. The number of fused-ring (bicyclic) bond motifs is 1. The first-order chi connectivity index (χ1) is 13.9. The van der Waals surface area contributed by atoms with Gasteiger partial charge in [-0.05, 0) is 67.6 Å². The van der Waals surface area contributed by atoms with Crippen molar-refractivity contribution >= 4 is 39.8 Å². The Morgan fingerprint density at radius 2 is 1.97 bits per heavy atom. The fraction of sp³-hybridized carbons (Fsp3) is 0.273. The lowest BCUT2D eigenvalue weighted by atomic mass is 10.1. The molecule has 1 saturated carbocycles. The number of anilines is 3. The van der Waals surface area contributed by atoms with Gasteiger partial charge in [-0.3, -0.25) is 4.79 Å². The summed E-state index contributed by atoms with van der Waals surface area (Å²) in [5.41, 5.74) is 3.72. The summed E-state index contributed by atoms with van der Waals surface area (Å²) in [5.74, 6) is -0.564. The van der Waals surface area contributed by atoms with Gasteiger partial charge in [0.2, 0.25) is 5.91 Å². The number of H-pyrrole nitrogens is 1. The van der Waals surface area contributed by atoms with Gasteiger partial charge in [0.25, 0.3) is 0 Å². The third-order valence-electron chi connectivity index (χ3n) is 4.85. The number of aromatic amines is 1. The van der Waals surface area contributed by atoms with Crippen molar-refractivity contribution in [1.82, 2.24) is 4.98 Å². The van der Waals surface area contributed by atoms with Crippen LogP contribution in [0.5, 0.6) is 0 Å². The summed E-state index contributed by atoms with van der Waals surface area (Å²) in [5, 5.41) is 6.83. The molecule has 150 valence electrons. The molecule has 1 aliphatic rings. The quantitative estimate of drug-likeness (QED) is 0.509. The van der Waals surface area contributed by atoms with Crippen molar-refractivity contribution in [2.24, 2.45) is 0 Å². The number of hydrogen-bond acceptors (Lipinski definition) is 4. The lowest BCUT2D eigenvalue weighted by Crippen LogP contribution is -2.06. The number of ether oxygens (including phenoxy) is 1. The third kappa shape index (κ3) is 4.08. The Morgan fingerprint density at radius 3 is 2.66 bits per heavy atom. The van der Waals surface area contributed by atoms with E-state index in [2.05, 4.69) is 15.6 Å². The maximum absolute atomic E-state index is 14.1. The predicted octanol–water partition coefficient (Wildman–Crippen LogP) is 5.06. The lowest BCUT2D eigenvalue weighted by Gasteiger charge is -2.12. The van der Waals surface area contributed by atoms with Gasteiger partial charge in [-0.25, -0.2) is 9.18 Å². The van der Waals surface area contributed by atoms with E-state index in [4.69, 9.17) is 4.74 Å². The smallest absolute Gasteiger partial charge is 0.354 e. The Balaban J connectivity index is 1.75. The number of rotatable bonds is 6. The lowest BCUT2D eigenvalue weighted by molar-refractivity contribution is -0.114. The number of aromatic nitrogens is 1. The largest absolute Gasteiger partial charge is 0.461 e. The van der Waals surface area contributed by atoms with Crippen LogP contribution in [-0.4, -0.2) is 23.5 Å². The van der Waals surface area contributed by atoms with Crippen LogP contribution in [0.3, 0.4) is 0 Å². The van der Waals surface area contributed by atoms with Crippen molar-refractivity contribution in [2.45, 2.75) is 32.6 Å². The van der Waals surface area contributed by atoms with Crippen molar-refractivity contribution in [1.29, 1.82) is 0 Å². The number of carbonyl (C=O) groups excluding carboxylic acids is 2. The highest BCUT2D eigenvalue weighted by Crippen LogP contribution is 2.42. The molecule has 4 rings (SSSR count). The van der Waals surface area contributed by atoms with Crippen LogP contribution in [-0.2, 0) is 9.53 Å². The standard InChI is InChI=1S/C22H22FN3O3/c1-3-29-22(28)21-11-17-19(9-15(24-12(2)27)10-20(17)26-21)25-14-6-7-18(23)16(8-14)13-4-5-13/h6-11,13,25-26H,3-5H2,1-2H3,(H,24,27). The summed E-state index contributed by atoms with van der Waals surface area (Å²) in [7, 11) is 0. The highest BCUT2D eigenvalue weighted by atomic mass is 19.1. The highest BCUT2D eigenvalue weighted by molar-refractivity contribution is 6.03. The van der Waals surface area contributed by atoms with E-state index in [9.17, 15) is 14.0 Å². The molecule has 7 heteroatoms.